The van der Waals surface area contributed by atoms with Crippen LogP contribution in [0.1, 0.15) is 17.5 Å². The summed E-state index contributed by atoms with van der Waals surface area (Å²) in [6.07, 6.45) is 2.07. The van der Waals surface area contributed by atoms with Crippen LogP contribution in [-0.4, -0.2) is 11.5 Å². The Morgan fingerprint density at radius 1 is 1.15 bits per heavy atom. The van der Waals surface area contributed by atoms with Gasteiger partial charge in [0.2, 0.25) is 0 Å². The van der Waals surface area contributed by atoms with E-state index in [0.29, 0.717) is 10.0 Å². The third kappa shape index (κ3) is 4.22. The summed E-state index contributed by atoms with van der Waals surface area (Å²) in [4.78, 5) is 0.382. The molecule has 0 amide bonds. The van der Waals surface area contributed by atoms with E-state index in [9.17, 15) is 0 Å². The van der Waals surface area contributed by atoms with Gasteiger partial charge in [-0.25, -0.2) is 0 Å². The molecule has 2 nitrogen and oxygen atoms in total. The van der Waals surface area contributed by atoms with E-state index in [2.05, 4.69) is 29.6 Å². The lowest BCUT2D eigenvalue weighted by Gasteiger charge is -2.11. The van der Waals surface area contributed by atoms with Crippen molar-refractivity contribution in [1.82, 2.24) is 0 Å². The molecule has 20 heavy (non-hydrogen) atoms. The summed E-state index contributed by atoms with van der Waals surface area (Å²) in [5.41, 5.74) is 8.79. The molecule has 0 unspecified atom stereocenters. The van der Waals surface area contributed by atoms with Gasteiger partial charge in [0.25, 0.3) is 0 Å². The topological polar surface area (TPSA) is 38.0 Å². The number of benzene rings is 2. The van der Waals surface area contributed by atoms with E-state index in [4.69, 9.17) is 29.6 Å². The van der Waals surface area contributed by atoms with Crippen LogP contribution in [0.5, 0.6) is 0 Å². The van der Waals surface area contributed by atoms with E-state index in [1.165, 1.54) is 5.56 Å². The normalized spacial score (nSPS) is 10.2. The molecule has 0 aliphatic heterocycles. The molecule has 104 valence electrons. The predicted octanol–water partition coefficient (Wildman–Crippen LogP) is 4.02. The van der Waals surface area contributed by atoms with E-state index in [1.54, 1.807) is 6.07 Å². The molecule has 0 spiro atoms. The second-order valence-corrected chi connectivity index (χ2v) is 5.45. The van der Waals surface area contributed by atoms with Crippen molar-refractivity contribution in [3.8, 4) is 0 Å². The zero-order valence-electron chi connectivity index (χ0n) is 11.1. The fraction of sp³-hybridized carbons (Fsp3) is 0.188. The average molecular weight is 305 g/mol. The number of hydrogen-bond acceptors (Lipinski definition) is 2. The molecule has 0 atom stereocenters. The molecule has 2 aromatic carbocycles. The number of nitrogens with one attached hydrogen (secondary N) is 1. The van der Waals surface area contributed by atoms with Crippen LogP contribution in [0.3, 0.4) is 0 Å². The highest BCUT2D eigenvalue weighted by Gasteiger charge is 2.05. The number of anilines is 1. The average Bonchev–Trinajstić information content (AvgIpc) is 2.44. The second kappa shape index (κ2) is 7.27. The molecule has 0 saturated heterocycles. The Bertz CT molecular complexity index is 584. The maximum Gasteiger partial charge on any atom is 0.106 e. The number of thiocarbonyl (C=S) groups is 1. The van der Waals surface area contributed by atoms with Crippen LogP contribution in [0.25, 0.3) is 0 Å². The van der Waals surface area contributed by atoms with Crippen LogP contribution in [0, 0.1) is 0 Å². The van der Waals surface area contributed by atoms with Gasteiger partial charge >= 0.3 is 0 Å². The van der Waals surface area contributed by atoms with Gasteiger partial charge in [0, 0.05) is 22.8 Å². The molecule has 0 radical (unpaired) electrons. The fourth-order valence-electron chi connectivity index (χ4n) is 2.04. The number of aryl methyl sites for hydroxylation is 1. The molecule has 0 fully saturated rings. The van der Waals surface area contributed by atoms with Gasteiger partial charge in [-0.3, -0.25) is 0 Å². The van der Waals surface area contributed by atoms with Crippen molar-refractivity contribution in [2.24, 2.45) is 5.73 Å². The maximum absolute atomic E-state index is 6.01. The molecule has 0 bridgehead atoms. The first-order chi connectivity index (χ1) is 9.66. The Morgan fingerprint density at radius 3 is 2.60 bits per heavy atom. The molecule has 2 rings (SSSR count). The molecule has 0 saturated carbocycles. The lowest BCUT2D eigenvalue weighted by Crippen LogP contribution is -2.14. The van der Waals surface area contributed by atoms with E-state index < -0.39 is 0 Å². The van der Waals surface area contributed by atoms with E-state index in [1.807, 2.05) is 18.2 Å². The second-order valence-electron chi connectivity index (χ2n) is 4.57. The smallest absolute Gasteiger partial charge is 0.106 e. The SMILES string of the molecule is NC(=S)c1ccc(Cl)cc1NCCCc1ccccc1. The molecule has 0 aliphatic carbocycles. The highest BCUT2D eigenvalue weighted by molar-refractivity contribution is 7.80. The summed E-state index contributed by atoms with van der Waals surface area (Å²) >= 11 is 11.0. The van der Waals surface area contributed by atoms with Gasteiger partial charge in [0.05, 0.1) is 0 Å². The summed E-state index contributed by atoms with van der Waals surface area (Å²) in [5.74, 6) is 0. The number of halogens is 1. The lowest BCUT2D eigenvalue weighted by molar-refractivity contribution is 0.863. The summed E-state index contributed by atoms with van der Waals surface area (Å²) < 4.78 is 0. The minimum atomic E-state index is 0.382. The molecule has 2 aromatic rings. The van der Waals surface area contributed by atoms with Gasteiger partial charge in [-0.05, 0) is 36.6 Å². The zero-order valence-corrected chi connectivity index (χ0v) is 12.7. The molecule has 4 heteroatoms. The summed E-state index contributed by atoms with van der Waals surface area (Å²) in [6, 6.07) is 15.9. The van der Waals surface area contributed by atoms with Crippen LogP contribution in [-0.2, 0) is 6.42 Å². The van der Waals surface area contributed by atoms with Crippen LogP contribution in [0.15, 0.2) is 48.5 Å². The minimum absolute atomic E-state index is 0.382. The van der Waals surface area contributed by atoms with Crippen LogP contribution < -0.4 is 11.1 Å². The van der Waals surface area contributed by atoms with Crippen LogP contribution in [0.4, 0.5) is 5.69 Å². The van der Waals surface area contributed by atoms with Crippen molar-refractivity contribution in [3.05, 3.63) is 64.7 Å². The predicted molar refractivity (Wildman–Crippen MR) is 90.6 cm³/mol. The molecule has 0 aliphatic rings. The van der Waals surface area contributed by atoms with Gasteiger partial charge < -0.3 is 11.1 Å². The Kier molecular flexibility index (Phi) is 5.39. The lowest BCUT2D eigenvalue weighted by atomic mass is 10.1. The monoisotopic (exact) mass is 304 g/mol. The third-order valence-corrected chi connectivity index (χ3v) is 3.50. The van der Waals surface area contributed by atoms with Crippen LogP contribution in [0.2, 0.25) is 5.02 Å². The van der Waals surface area contributed by atoms with Crippen molar-refractivity contribution in [3.63, 3.8) is 0 Å². The van der Waals surface area contributed by atoms with Crippen molar-refractivity contribution in [1.29, 1.82) is 0 Å². The quantitative estimate of drug-likeness (QED) is 0.625. The highest BCUT2D eigenvalue weighted by atomic mass is 35.5. The zero-order chi connectivity index (χ0) is 14.4. The molecular formula is C16H17ClN2S. The van der Waals surface area contributed by atoms with Crippen molar-refractivity contribution in [2.75, 3.05) is 11.9 Å². The van der Waals surface area contributed by atoms with Gasteiger partial charge in [-0.1, -0.05) is 54.2 Å². The van der Waals surface area contributed by atoms with E-state index in [-0.39, 0.29) is 0 Å². The van der Waals surface area contributed by atoms with E-state index >= 15 is 0 Å². The highest BCUT2D eigenvalue weighted by Crippen LogP contribution is 2.21. The van der Waals surface area contributed by atoms with Crippen LogP contribution >= 0.6 is 23.8 Å². The first kappa shape index (κ1) is 14.8. The Balaban J connectivity index is 1.91. The first-order valence-corrected chi connectivity index (χ1v) is 7.32. The van der Waals surface area contributed by atoms with Gasteiger partial charge in [0.15, 0.2) is 0 Å². The molecule has 0 aromatic heterocycles. The molecular weight excluding hydrogens is 288 g/mol. The molecule has 3 N–H and O–H groups in total. The number of nitrogens with two attached hydrogens (primary N) is 1. The maximum atomic E-state index is 6.01. The Labute approximate surface area is 130 Å². The Morgan fingerprint density at radius 2 is 1.90 bits per heavy atom. The number of hydrogen-bond donors (Lipinski definition) is 2. The first-order valence-electron chi connectivity index (χ1n) is 6.54. The fourth-order valence-corrected chi connectivity index (χ4v) is 2.39. The molecule has 0 heterocycles. The van der Waals surface area contributed by atoms with Gasteiger partial charge in [0.1, 0.15) is 4.99 Å². The Hall–Kier alpha value is -1.58. The standard InChI is InChI=1S/C16H17ClN2S/c17-13-8-9-14(16(18)20)15(11-13)19-10-4-7-12-5-2-1-3-6-12/h1-3,5-6,8-9,11,19H,4,7,10H2,(H2,18,20). The van der Waals surface area contributed by atoms with Crippen molar-refractivity contribution in [2.45, 2.75) is 12.8 Å². The summed E-state index contributed by atoms with van der Waals surface area (Å²) in [5, 5.41) is 4.03. The number of rotatable bonds is 6. The van der Waals surface area contributed by atoms with Crippen molar-refractivity contribution >= 4 is 34.5 Å². The van der Waals surface area contributed by atoms with Gasteiger partial charge in [-0.2, -0.15) is 0 Å². The largest absolute Gasteiger partial charge is 0.389 e. The summed E-state index contributed by atoms with van der Waals surface area (Å²) in [7, 11) is 0. The van der Waals surface area contributed by atoms with Crippen molar-refractivity contribution < 1.29 is 0 Å². The van der Waals surface area contributed by atoms with E-state index in [0.717, 1.165) is 30.6 Å². The van der Waals surface area contributed by atoms with Gasteiger partial charge in [-0.15, -0.1) is 0 Å². The minimum Gasteiger partial charge on any atom is -0.389 e. The third-order valence-electron chi connectivity index (χ3n) is 3.05. The summed E-state index contributed by atoms with van der Waals surface area (Å²) in [6.45, 7) is 0.852.